The lowest BCUT2D eigenvalue weighted by Crippen LogP contribution is -2.13. The van der Waals surface area contributed by atoms with Gasteiger partial charge in [0.05, 0.1) is 6.61 Å². The van der Waals surface area contributed by atoms with Gasteiger partial charge in [-0.3, -0.25) is 0 Å². The van der Waals surface area contributed by atoms with Gasteiger partial charge in [-0.1, -0.05) is 58.1 Å². The quantitative estimate of drug-likeness (QED) is 0.390. The largest absolute Gasteiger partial charge is 0.490 e. The highest BCUT2D eigenvalue weighted by Crippen LogP contribution is 2.33. The van der Waals surface area contributed by atoms with E-state index < -0.39 is 11.6 Å². The molecule has 0 amide bonds. The second kappa shape index (κ2) is 11.4. The molecule has 1 fully saturated rings. The Labute approximate surface area is 157 Å². The minimum absolute atomic E-state index is 0.0145. The van der Waals surface area contributed by atoms with Crippen molar-refractivity contribution in [2.75, 3.05) is 6.61 Å². The summed E-state index contributed by atoms with van der Waals surface area (Å²) in [6.07, 6.45) is 15.8. The Morgan fingerprint density at radius 2 is 1.69 bits per heavy atom. The molecule has 0 atom stereocenters. The maximum absolute atomic E-state index is 14.3. The first-order valence-electron chi connectivity index (χ1n) is 10.4. The van der Waals surface area contributed by atoms with E-state index in [1.54, 1.807) is 18.2 Å². The molecular formula is C23H34F2O. The molecule has 1 aromatic rings. The van der Waals surface area contributed by atoms with Crippen LogP contribution in [0.15, 0.2) is 18.2 Å². The number of ether oxygens (including phenoxy) is 1. The van der Waals surface area contributed by atoms with Crippen LogP contribution in [0.3, 0.4) is 0 Å². The average Bonchev–Trinajstić information content (AvgIpc) is 2.66. The van der Waals surface area contributed by atoms with E-state index >= 15 is 0 Å². The number of allylic oxidation sites excluding steroid dienone is 1. The summed E-state index contributed by atoms with van der Waals surface area (Å²) in [5.74, 6) is -0.313. The minimum Gasteiger partial charge on any atom is -0.490 e. The molecule has 3 heteroatoms. The molecule has 2 rings (SSSR count). The van der Waals surface area contributed by atoms with Gasteiger partial charge in [-0.15, -0.1) is 0 Å². The first kappa shape index (κ1) is 20.9. The molecular weight excluding hydrogens is 330 g/mol. The van der Waals surface area contributed by atoms with Crippen LogP contribution in [-0.4, -0.2) is 6.61 Å². The fourth-order valence-electron chi connectivity index (χ4n) is 3.71. The summed E-state index contributed by atoms with van der Waals surface area (Å²) in [6, 6.07) is 3.16. The number of unbranched alkanes of at least 4 members (excludes halogenated alkanes) is 3. The van der Waals surface area contributed by atoms with Crippen LogP contribution in [0, 0.1) is 23.5 Å². The SMILES string of the molecule is CCCCCC1CCC(/C=C/c2ccc(OCCCC)c(F)c2F)CC1. The Morgan fingerprint density at radius 1 is 0.962 bits per heavy atom. The molecule has 1 aliphatic rings. The molecule has 146 valence electrons. The van der Waals surface area contributed by atoms with Gasteiger partial charge in [0.25, 0.3) is 0 Å². The van der Waals surface area contributed by atoms with Gasteiger partial charge in [-0.25, -0.2) is 4.39 Å². The van der Waals surface area contributed by atoms with Crippen molar-refractivity contribution in [3.05, 3.63) is 35.4 Å². The summed E-state index contributed by atoms with van der Waals surface area (Å²) < 4.78 is 33.7. The van der Waals surface area contributed by atoms with Crippen molar-refractivity contribution < 1.29 is 13.5 Å². The van der Waals surface area contributed by atoms with E-state index in [9.17, 15) is 8.78 Å². The summed E-state index contributed by atoms with van der Waals surface area (Å²) in [7, 11) is 0. The fourth-order valence-corrected chi connectivity index (χ4v) is 3.71. The van der Waals surface area contributed by atoms with Crippen LogP contribution in [-0.2, 0) is 0 Å². The van der Waals surface area contributed by atoms with Crippen molar-refractivity contribution in [1.29, 1.82) is 0 Å². The molecule has 0 spiro atoms. The molecule has 0 bridgehead atoms. The standard InChI is InChI=1S/C23H34F2O/c1-3-5-7-8-18-9-11-19(12-10-18)13-14-20-15-16-21(23(25)22(20)24)26-17-6-4-2/h13-16,18-19H,3-12,17H2,1-2H3/b14-13+. The Balaban J connectivity index is 1.85. The van der Waals surface area contributed by atoms with Crippen LogP contribution in [0.4, 0.5) is 8.78 Å². The molecule has 0 N–H and O–H groups in total. The van der Waals surface area contributed by atoms with Crippen LogP contribution >= 0.6 is 0 Å². The van der Waals surface area contributed by atoms with Gasteiger partial charge >= 0.3 is 0 Å². The van der Waals surface area contributed by atoms with Crippen molar-refractivity contribution >= 4 is 6.08 Å². The molecule has 1 nitrogen and oxygen atoms in total. The van der Waals surface area contributed by atoms with E-state index in [4.69, 9.17) is 4.74 Å². The van der Waals surface area contributed by atoms with Crippen molar-refractivity contribution in [2.45, 2.75) is 78.1 Å². The van der Waals surface area contributed by atoms with Gasteiger partial charge in [0, 0.05) is 5.56 Å². The number of rotatable bonds is 10. The monoisotopic (exact) mass is 364 g/mol. The molecule has 1 aromatic carbocycles. The van der Waals surface area contributed by atoms with E-state index in [1.807, 2.05) is 6.92 Å². The Hall–Kier alpha value is -1.38. The zero-order chi connectivity index (χ0) is 18.8. The van der Waals surface area contributed by atoms with Crippen LogP contribution in [0.5, 0.6) is 5.75 Å². The normalized spacial score (nSPS) is 20.6. The molecule has 0 unspecified atom stereocenters. The Morgan fingerprint density at radius 3 is 2.38 bits per heavy atom. The third-order valence-electron chi connectivity index (χ3n) is 5.49. The van der Waals surface area contributed by atoms with E-state index in [2.05, 4.69) is 13.0 Å². The first-order chi connectivity index (χ1) is 12.7. The van der Waals surface area contributed by atoms with Crippen LogP contribution in [0.1, 0.15) is 83.6 Å². The molecule has 0 aliphatic heterocycles. The Bertz CT molecular complexity index is 560. The molecule has 1 saturated carbocycles. The number of benzene rings is 1. The fraction of sp³-hybridized carbons (Fsp3) is 0.652. The summed E-state index contributed by atoms with van der Waals surface area (Å²) in [5, 5.41) is 0. The molecule has 0 radical (unpaired) electrons. The van der Waals surface area contributed by atoms with Gasteiger partial charge in [-0.2, -0.15) is 4.39 Å². The molecule has 0 aromatic heterocycles. The molecule has 0 heterocycles. The van der Waals surface area contributed by atoms with Gasteiger partial charge < -0.3 is 4.74 Å². The zero-order valence-corrected chi connectivity index (χ0v) is 16.4. The van der Waals surface area contributed by atoms with Crippen molar-refractivity contribution in [1.82, 2.24) is 0 Å². The second-order valence-electron chi connectivity index (χ2n) is 7.62. The predicted octanol–water partition coefficient (Wildman–Crippen LogP) is 7.54. The van der Waals surface area contributed by atoms with E-state index in [0.717, 1.165) is 31.6 Å². The van der Waals surface area contributed by atoms with E-state index in [-0.39, 0.29) is 5.75 Å². The van der Waals surface area contributed by atoms with Crippen molar-refractivity contribution in [3.63, 3.8) is 0 Å². The maximum atomic E-state index is 14.3. The number of hydrogen-bond donors (Lipinski definition) is 0. The van der Waals surface area contributed by atoms with E-state index in [1.165, 1.54) is 38.5 Å². The highest BCUT2D eigenvalue weighted by molar-refractivity contribution is 5.52. The van der Waals surface area contributed by atoms with Crippen LogP contribution in [0.2, 0.25) is 0 Å². The lowest BCUT2D eigenvalue weighted by molar-refractivity contribution is 0.288. The minimum atomic E-state index is -0.872. The van der Waals surface area contributed by atoms with Crippen molar-refractivity contribution in [3.8, 4) is 5.75 Å². The molecule has 26 heavy (non-hydrogen) atoms. The van der Waals surface area contributed by atoms with Gasteiger partial charge in [0.15, 0.2) is 11.6 Å². The second-order valence-corrected chi connectivity index (χ2v) is 7.62. The lowest BCUT2D eigenvalue weighted by atomic mass is 9.79. The Kier molecular flexibility index (Phi) is 9.14. The predicted molar refractivity (Wildman–Crippen MR) is 105 cm³/mol. The summed E-state index contributed by atoms with van der Waals surface area (Å²) in [5.41, 5.74) is 0.315. The van der Waals surface area contributed by atoms with Crippen LogP contribution in [0.25, 0.3) is 6.08 Å². The molecule has 0 saturated heterocycles. The third kappa shape index (κ3) is 6.41. The average molecular weight is 365 g/mol. The summed E-state index contributed by atoms with van der Waals surface area (Å²) >= 11 is 0. The lowest BCUT2D eigenvalue weighted by Gasteiger charge is -2.26. The summed E-state index contributed by atoms with van der Waals surface area (Å²) in [6.45, 7) is 4.70. The van der Waals surface area contributed by atoms with Crippen molar-refractivity contribution in [2.24, 2.45) is 11.8 Å². The summed E-state index contributed by atoms with van der Waals surface area (Å²) in [4.78, 5) is 0. The van der Waals surface area contributed by atoms with Crippen LogP contribution < -0.4 is 4.74 Å². The topological polar surface area (TPSA) is 9.23 Å². The number of hydrogen-bond acceptors (Lipinski definition) is 1. The zero-order valence-electron chi connectivity index (χ0n) is 16.4. The number of halogens is 2. The maximum Gasteiger partial charge on any atom is 0.201 e. The highest BCUT2D eigenvalue weighted by atomic mass is 19.2. The van der Waals surface area contributed by atoms with Gasteiger partial charge in [-0.05, 0) is 56.1 Å². The van der Waals surface area contributed by atoms with Gasteiger partial charge in [0.2, 0.25) is 5.82 Å². The smallest absolute Gasteiger partial charge is 0.201 e. The van der Waals surface area contributed by atoms with E-state index in [0.29, 0.717) is 18.1 Å². The first-order valence-corrected chi connectivity index (χ1v) is 10.4. The highest BCUT2D eigenvalue weighted by Gasteiger charge is 2.19. The molecule has 1 aliphatic carbocycles. The van der Waals surface area contributed by atoms with Gasteiger partial charge in [0.1, 0.15) is 0 Å². The third-order valence-corrected chi connectivity index (χ3v) is 5.49.